The first kappa shape index (κ1) is 19.2. The minimum Gasteiger partial charge on any atom is -0.444 e. The molecule has 0 aromatic heterocycles. The SMILES string of the molecule is CC(C)(C)OC(=O)N1CCC(c2cc(N)ccc2OC(F)(F)F)CC1. The zero-order valence-electron chi connectivity index (χ0n) is 14.5. The molecule has 5 nitrogen and oxygen atoms in total. The van der Waals surface area contributed by atoms with Crippen molar-refractivity contribution in [3.63, 3.8) is 0 Å². The van der Waals surface area contributed by atoms with Crippen molar-refractivity contribution >= 4 is 11.8 Å². The Balaban J connectivity index is 2.07. The van der Waals surface area contributed by atoms with Crippen LogP contribution in [0.2, 0.25) is 0 Å². The fourth-order valence-electron chi connectivity index (χ4n) is 2.80. The molecule has 0 bridgehead atoms. The third-order valence-corrected chi connectivity index (χ3v) is 3.85. The predicted molar refractivity (Wildman–Crippen MR) is 87.3 cm³/mol. The van der Waals surface area contributed by atoms with E-state index in [9.17, 15) is 18.0 Å². The Labute approximate surface area is 144 Å². The summed E-state index contributed by atoms with van der Waals surface area (Å²) in [6, 6.07) is 4.12. The molecule has 25 heavy (non-hydrogen) atoms. The highest BCUT2D eigenvalue weighted by Crippen LogP contribution is 2.38. The number of anilines is 1. The zero-order chi connectivity index (χ0) is 18.8. The van der Waals surface area contributed by atoms with Crippen molar-refractivity contribution in [2.24, 2.45) is 0 Å². The number of carbonyl (C=O) groups is 1. The number of halogens is 3. The highest BCUT2D eigenvalue weighted by molar-refractivity contribution is 5.68. The Morgan fingerprint density at radius 3 is 2.32 bits per heavy atom. The predicted octanol–water partition coefficient (Wildman–Crippen LogP) is 4.28. The second-order valence-electron chi connectivity index (χ2n) is 7.09. The minimum atomic E-state index is -4.76. The van der Waals surface area contributed by atoms with Crippen molar-refractivity contribution in [3.8, 4) is 5.75 Å². The van der Waals surface area contributed by atoms with Crippen LogP contribution in [0, 0.1) is 0 Å². The normalized spacial score (nSPS) is 16.6. The average molecular weight is 360 g/mol. The van der Waals surface area contributed by atoms with Gasteiger partial charge < -0.3 is 20.1 Å². The molecule has 2 N–H and O–H groups in total. The van der Waals surface area contributed by atoms with Crippen LogP contribution < -0.4 is 10.5 Å². The maximum Gasteiger partial charge on any atom is 0.573 e. The molecule has 2 rings (SSSR count). The molecule has 1 heterocycles. The molecule has 1 amide bonds. The molecule has 1 saturated heterocycles. The molecule has 1 aromatic rings. The quantitative estimate of drug-likeness (QED) is 0.800. The number of benzene rings is 1. The first-order valence-corrected chi connectivity index (χ1v) is 8.08. The molecule has 0 radical (unpaired) electrons. The Bertz CT molecular complexity index is 619. The van der Waals surface area contributed by atoms with Crippen LogP contribution in [-0.2, 0) is 4.74 Å². The van der Waals surface area contributed by atoms with Crippen LogP contribution >= 0.6 is 0 Å². The number of nitrogen functional groups attached to an aromatic ring is 1. The van der Waals surface area contributed by atoms with Gasteiger partial charge in [0.25, 0.3) is 0 Å². The van der Waals surface area contributed by atoms with E-state index in [1.165, 1.54) is 18.2 Å². The topological polar surface area (TPSA) is 64.8 Å². The zero-order valence-corrected chi connectivity index (χ0v) is 14.5. The number of carbonyl (C=O) groups excluding carboxylic acids is 1. The third kappa shape index (κ3) is 5.72. The summed E-state index contributed by atoms with van der Waals surface area (Å²) in [5, 5.41) is 0. The average Bonchev–Trinajstić information content (AvgIpc) is 2.46. The summed E-state index contributed by atoms with van der Waals surface area (Å²) in [5.74, 6) is -0.406. The molecule has 1 aliphatic heterocycles. The molecule has 1 fully saturated rings. The van der Waals surface area contributed by atoms with E-state index >= 15 is 0 Å². The van der Waals surface area contributed by atoms with Gasteiger partial charge in [-0.15, -0.1) is 13.2 Å². The van der Waals surface area contributed by atoms with Crippen LogP contribution in [0.5, 0.6) is 5.75 Å². The summed E-state index contributed by atoms with van der Waals surface area (Å²) in [4.78, 5) is 13.6. The van der Waals surface area contributed by atoms with Crippen LogP contribution in [0.4, 0.5) is 23.7 Å². The van der Waals surface area contributed by atoms with E-state index in [-0.39, 0.29) is 11.7 Å². The van der Waals surface area contributed by atoms with Gasteiger partial charge in [-0.2, -0.15) is 0 Å². The van der Waals surface area contributed by atoms with Crippen molar-refractivity contribution in [1.82, 2.24) is 4.90 Å². The molecule has 8 heteroatoms. The molecule has 0 unspecified atom stereocenters. The Morgan fingerprint density at radius 1 is 1.20 bits per heavy atom. The van der Waals surface area contributed by atoms with Crippen LogP contribution in [0.25, 0.3) is 0 Å². The van der Waals surface area contributed by atoms with Crippen molar-refractivity contribution in [1.29, 1.82) is 0 Å². The lowest BCUT2D eigenvalue weighted by atomic mass is 9.88. The lowest BCUT2D eigenvalue weighted by Crippen LogP contribution is -2.41. The van der Waals surface area contributed by atoms with Gasteiger partial charge in [-0.1, -0.05) is 0 Å². The second-order valence-corrected chi connectivity index (χ2v) is 7.09. The van der Waals surface area contributed by atoms with Gasteiger partial charge >= 0.3 is 12.5 Å². The number of amides is 1. The molecule has 1 aromatic carbocycles. The van der Waals surface area contributed by atoms with Gasteiger partial charge in [0.15, 0.2) is 0 Å². The van der Waals surface area contributed by atoms with Crippen molar-refractivity contribution in [3.05, 3.63) is 23.8 Å². The molecule has 1 aliphatic rings. The monoisotopic (exact) mass is 360 g/mol. The molecule has 0 saturated carbocycles. The molecular formula is C17H23F3N2O3. The molecule has 140 valence electrons. The van der Waals surface area contributed by atoms with E-state index in [4.69, 9.17) is 10.5 Å². The van der Waals surface area contributed by atoms with Gasteiger partial charge in [0.1, 0.15) is 11.4 Å². The Hall–Kier alpha value is -2.12. The molecule has 0 spiro atoms. The van der Waals surface area contributed by atoms with Crippen molar-refractivity contribution in [2.45, 2.75) is 51.5 Å². The lowest BCUT2D eigenvalue weighted by molar-refractivity contribution is -0.275. The Morgan fingerprint density at radius 2 is 1.80 bits per heavy atom. The summed E-state index contributed by atoms with van der Waals surface area (Å²) in [5.41, 5.74) is 5.93. The van der Waals surface area contributed by atoms with E-state index in [0.29, 0.717) is 37.2 Å². The summed E-state index contributed by atoms with van der Waals surface area (Å²) < 4.78 is 47.2. The van der Waals surface area contributed by atoms with Gasteiger partial charge in [-0.25, -0.2) is 4.79 Å². The van der Waals surface area contributed by atoms with Gasteiger partial charge in [0, 0.05) is 18.8 Å². The maximum atomic E-state index is 12.6. The Kier molecular flexibility index (Phi) is 5.39. The molecule has 0 atom stereocenters. The van der Waals surface area contributed by atoms with Crippen LogP contribution in [0.1, 0.15) is 45.1 Å². The van der Waals surface area contributed by atoms with E-state index < -0.39 is 18.1 Å². The van der Waals surface area contributed by atoms with Gasteiger partial charge in [0.2, 0.25) is 0 Å². The third-order valence-electron chi connectivity index (χ3n) is 3.85. The van der Waals surface area contributed by atoms with Crippen LogP contribution in [0.3, 0.4) is 0 Å². The number of nitrogens with two attached hydrogens (primary N) is 1. The lowest BCUT2D eigenvalue weighted by Gasteiger charge is -2.34. The number of likely N-dealkylation sites (tertiary alicyclic amines) is 1. The smallest absolute Gasteiger partial charge is 0.444 e. The maximum absolute atomic E-state index is 12.6. The number of hydrogen-bond acceptors (Lipinski definition) is 4. The van der Waals surface area contributed by atoms with E-state index in [2.05, 4.69) is 4.74 Å². The number of hydrogen-bond donors (Lipinski definition) is 1. The second kappa shape index (κ2) is 7.01. The highest BCUT2D eigenvalue weighted by Gasteiger charge is 2.34. The largest absolute Gasteiger partial charge is 0.573 e. The minimum absolute atomic E-state index is 0.167. The summed E-state index contributed by atoms with van der Waals surface area (Å²) >= 11 is 0. The number of ether oxygens (including phenoxy) is 2. The number of rotatable bonds is 2. The van der Waals surface area contributed by atoms with E-state index in [0.717, 1.165) is 0 Å². The first-order chi connectivity index (χ1) is 11.4. The first-order valence-electron chi connectivity index (χ1n) is 8.08. The fourth-order valence-corrected chi connectivity index (χ4v) is 2.80. The van der Waals surface area contributed by atoms with E-state index in [1.807, 2.05) is 0 Å². The van der Waals surface area contributed by atoms with Gasteiger partial charge in [0.05, 0.1) is 0 Å². The summed E-state index contributed by atoms with van der Waals surface area (Å²) in [6.07, 6.45) is -4.15. The standard InChI is InChI=1S/C17H23F3N2O3/c1-16(2,3)25-15(23)22-8-6-11(7-9-22)13-10-12(21)4-5-14(13)24-17(18,19)20/h4-5,10-11H,6-9,21H2,1-3H3. The fraction of sp³-hybridized carbons (Fsp3) is 0.588. The summed E-state index contributed by atoms with van der Waals surface area (Å²) in [6.45, 7) is 6.15. The highest BCUT2D eigenvalue weighted by atomic mass is 19.4. The van der Waals surface area contributed by atoms with Crippen LogP contribution in [0.15, 0.2) is 18.2 Å². The van der Waals surface area contributed by atoms with E-state index in [1.54, 1.807) is 25.7 Å². The number of nitrogens with zero attached hydrogens (tertiary/aromatic N) is 1. The van der Waals surface area contributed by atoms with Gasteiger partial charge in [-0.05, 0) is 63.3 Å². The van der Waals surface area contributed by atoms with Crippen molar-refractivity contribution < 1.29 is 27.4 Å². The number of alkyl halides is 3. The molecular weight excluding hydrogens is 337 g/mol. The molecule has 0 aliphatic carbocycles. The number of piperidine rings is 1. The summed E-state index contributed by atoms with van der Waals surface area (Å²) in [7, 11) is 0. The van der Waals surface area contributed by atoms with Crippen molar-refractivity contribution in [2.75, 3.05) is 18.8 Å². The van der Waals surface area contributed by atoms with Crippen LogP contribution in [-0.4, -0.2) is 36.0 Å². The van der Waals surface area contributed by atoms with Gasteiger partial charge in [-0.3, -0.25) is 0 Å².